The Balaban J connectivity index is 2.97. The largest absolute Gasteiger partial charge is 0.425 e. The van der Waals surface area contributed by atoms with Gasteiger partial charge in [0.2, 0.25) is 0 Å². The van der Waals surface area contributed by atoms with E-state index in [1.165, 1.54) is 0 Å². The fraction of sp³-hybridized carbons (Fsp3) is 0.200. The number of aromatic nitrogens is 2. The quantitative estimate of drug-likeness (QED) is 0.636. The third-order valence-corrected chi connectivity index (χ3v) is 2.34. The fourth-order valence-electron chi connectivity index (χ4n) is 1.36. The summed E-state index contributed by atoms with van der Waals surface area (Å²) in [5.74, 6) is 0. The van der Waals surface area contributed by atoms with E-state index in [-0.39, 0.29) is 0 Å². The molecule has 0 bridgehead atoms. The Labute approximate surface area is 80.4 Å². The highest BCUT2D eigenvalue weighted by molar-refractivity contribution is 5.76. The predicted octanol–water partition coefficient (Wildman–Crippen LogP) is 1.25. The summed E-state index contributed by atoms with van der Waals surface area (Å²) in [5, 5.41) is 9.44. The van der Waals surface area contributed by atoms with Crippen molar-refractivity contribution in [2.24, 2.45) is 0 Å². The van der Waals surface area contributed by atoms with Crippen molar-refractivity contribution in [3.8, 4) is 0 Å². The first-order valence-electron chi connectivity index (χ1n) is 4.28. The molecule has 0 fully saturated rings. The summed E-state index contributed by atoms with van der Waals surface area (Å²) in [4.78, 5) is 15.0. The van der Waals surface area contributed by atoms with E-state index in [1.54, 1.807) is 6.07 Å². The van der Waals surface area contributed by atoms with Crippen LogP contribution in [0.15, 0.2) is 23.1 Å². The molecule has 4 nitrogen and oxygen atoms in total. The molecule has 0 spiro atoms. The zero-order chi connectivity index (χ0) is 10.3. The molecule has 0 aliphatic carbocycles. The van der Waals surface area contributed by atoms with Crippen LogP contribution in [0.1, 0.15) is 11.1 Å². The molecule has 0 atom stereocenters. The number of benzene rings is 1. The second-order valence-corrected chi connectivity index (χ2v) is 3.33. The minimum Gasteiger partial charge on any atom is -0.425 e. The minimum atomic E-state index is -0.513. The fourth-order valence-corrected chi connectivity index (χ4v) is 1.36. The van der Waals surface area contributed by atoms with Crippen molar-refractivity contribution in [1.82, 2.24) is 9.71 Å². The summed E-state index contributed by atoms with van der Waals surface area (Å²) < 4.78 is 0.620. The molecule has 0 saturated heterocycles. The number of hydrogen-bond donors (Lipinski definition) is 1. The second kappa shape index (κ2) is 2.83. The summed E-state index contributed by atoms with van der Waals surface area (Å²) in [6.45, 7) is 3.88. The van der Waals surface area contributed by atoms with Gasteiger partial charge in [0, 0.05) is 0 Å². The molecule has 0 amide bonds. The zero-order valence-electron chi connectivity index (χ0n) is 7.98. The van der Waals surface area contributed by atoms with E-state index in [4.69, 9.17) is 0 Å². The van der Waals surface area contributed by atoms with Crippen LogP contribution in [0.3, 0.4) is 0 Å². The van der Waals surface area contributed by atoms with Crippen molar-refractivity contribution in [2.45, 2.75) is 13.8 Å². The summed E-state index contributed by atoms with van der Waals surface area (Å²) in [5.41, 5.74) is 2.66. The molecule has 1 aromatic carbocycles. The number of hydrogen-bond acceptors (Lipinski definition) is 3. The van der Waals surface area contributed by atoms with Crippen molar-refractivity contribution in [2.75, 3.05) is 0 Å². The van der Waals surface area contributed by atoms with Crippen molar-refractivity contribution in [3.05, 3.63) is 39.8 Å². The first kappa shape index (κ1) is 8.74. The molecule has 2 aromatic rings. The van der Waals surface area contributed by atoms with E-state index in [1.807, 2.05) is 19.9 Å². The molecule has 14 heavy (non-hydrogen) atoms. The highest BCUT2D eigenvalue weighted by atomic mass is 16.5. The van der Waals surface area contributed by atoms with Gasteiger partial charge in [0.1, 0.15) is 5.52 Å². The Kier molecular flexibility index (Phi) is 1.77. The highest BCUT2D eigenvalue weighted by Crippen LogP contribution is 2.14. The van der Waals surface area contributed by atoms with Gasteiger partial charge in [-0.05, 0) is 37.1 Å². The van der Waals surface area contributed by atoms with E-state index in [2.05, 4.69) is 4.98 Å². The predicted molar refractivity (Wildman–Crippen MR) is 52.7 cm³/mol. The Hall–Kier alpha value is -1.84. The van der Waals surface area contributed by atoms with Crippen LogP contribution in [-0.4, -0.2) is 14.9 Å². The topological polar surface area (TPSA) is 55.1 Å². The van der Waals surface area contributed by atoms with Crippen LogP contribution < -0.4 is 5.56 Å². The standard InChI is InChI=1S/C10H10N2O2/c1-6-3-8-9(4-7(6)2)12(14)10(13)5-11-8/h3-5,14H,1-2H3. The molecule has 1 N–H and O–H groups in total. The molecule has 0 radical (unpaired) electrons. The Bertz CT molecular complexity index is 558. The van der Waals surface area contributed by atoms with Crippen LogP contribution in [-0.2, 0) is 0 Å². The SMILES string of the molecule is Cc1cc2ncc(=O)n(O)c2cc1C. The third-order valence-electron chi connectivity index (χ3n) is 2.34. The van der Waals surface area contributed by atoms with Crippen molar-refractivity contribution < 1.29 is 5.21 Å². The van der Waals surface area contributed by atoms with Gasteiger partial charge in [0.15, 0.2) is 0 Å². The summed E-state index contributed by atoms with van der Waals surface area (Å²) in [6, 6.07) is 3.59. The molecule has 2 rings (SSSR count). The number of rotatable bonds is 0. The number of fused-ring (bicyclic) bond motifs is 1. The summed E-state index contributed by atoms with van der Waals surface area (Å²) in [6.07, 6.45) is 1.11. The average Bonchev–Trinajstić information content (AvgIpc) is 2.15. The van der Waals surface area contributed by atoms with E-state index in [0.717, 1.165) is 17.3 Å². The summed E-state index contributed by atoms with van der Waals surface area (Å²) in [7, 11) is 0. The maximum atomic E-state index is 11.1. The van der Waals surface area contributed by atoms with Gasteiger partial charge in [-0.15, -0.1) is 4.73 Å². The maximum absolute atomic E-state index is 11.1. The number of aryl methyl sites for hydroxylation is 2. The lowest BCUT2D eigenvalue weighted by molar-refractivity contribution is 0.188. The average molecular weight is 190 g/mol. The van der Waals surface area contributed by atoms with Gasteiger partial charge in [-0.3, -0.25) is 4.79 Å². The molecular weight excluding hydrogens is 180 g/mol. The van der Waals surface area contributed by atoms with Crippen LogP contribution in [0.5, 0.6) is 0 Å². The third kappa shape index (κ3) is 1.16. The maximum Gasteiger partial charge on any atom is 0.301 e. The molecule has 0 saturated carbocycles. The first-order valence-corrected chi connectivity index (χ1v) is 4.28. The lowest BCUT2D eigenvalue weighted by Gasteiger charge is -2.05. The van der Waals surface area contributed by atoms with Gasteiger partial charge in [-0.25, -0.2) is 4.98 Å². The van der Waals surface area contributed by atoms with Crippen LogP contribution in [0.2, 0.25) is 0 Å². The Morgan fingerprint density at radius 1 is 1.29 bits per heavy atom. The van der Waals surface area contributed by atoms with Crippen molar-refractivity contribution >= 4 is 11.0 Å². The zero-order valence-corrected chi connectivity index (χ0v) is 7.98. The van der Waals surface area contributed by atoms with E-state index in [0.29, 0.717) is 15.8 Å². The first-order chi connectivity index (χ1) is 6.59. The van der Waals surface area contributed by atoms with Gasteiger partial charge in [0.05, 0.1) is 11.7 Å². The molecule has 0 aliphatic rings. The molecule has 0 unspecified atom stereocenters. The van der Waals surface area contributed by atoms with E-state index < -0.39 is 5.56 Å². The second-order valence-electron chi connectivity index (χ2n) is 3.33. The highest BCUT2D eigenvalue weighted by Gasteiger charge is 2.04. The van der Waals surface area contributed by atoms with E-state index >= 15 is 0 Å². The monoisotopic (exact) mass is 190 g/mol. The molecule has 0 aliphatic heterocycles. The molecule has 4 heteroatoms. The van der Waals surface area contributed by atoms with Crippen LogP contribution in [0.25, 0.3) is 11.0 Å². The lowest BCUT2D eigenvalue weighted by atomic mass is 10.1. The molecule has 1 heterocycles. The molecule has 72 valence electrons. The minimum absolute atomic E-state index is 0.445. The number of nitrogens with zero attached hydrogens (tertiary/aromatic N) is 2. The Morgan fingerprint density at radius 3 is 2.64 bits per heavy atom. The van der Waals surface area contributed by atoms with Gasteiger partial charge in [-0.1, -0.05) is 0 Å². The van der Waals surface area contributed by atoms with Gasteiger partial charge in [0.25, 0.3) is 0 Å². The van der Waals surface area contributed by atoms with Gasteiger partial charge < -0.3 is 5.21 Å². The lowest BCUT2D eigenvalue weighted by Crippen LogP contribution is -2.17. The van der Waals surface area contributed by atoms with Crippen molar-refractivity contribution in [1.29, 1.82) is 0 Å². The molecular formula is C10H10N2O2. The summed E-state index contributed by atoms with van der Waals surface area (Å²) >= 11 is 0. The Morgan fingerprint density at radius 2 is 1.93 bits per heavy atom. The van der Waals surface area contributed by atoms with Crippen molar-refractivity contribution in [3.63, 3.8) is 0 Å². The van der Waals surface area contributed by atoms with Crippen LogP contribution in [0, 0.1) is 13.8 Å². The van der Waals surface area contributed by atoms with Gasteiger partial charge >= 0.3 is 5.56 Å². The van der Waals surface area contributed by atoms with Gasteiger partial charge in [-0.2, -0.15) is 0 Å². The normalized spacial score (nSPS) is 10.7. The smallest absolute Gasteiger partial charge is 0.301 e. The molecule has 1 aromatic heterocycles. The van der Waals surface area contributed by atoms with Crippen LogP contribution >= 0.6 is 0 Å². The van der Waals surface area contributed by atoms with Crippen LogP contribution in [0.4, 0.5) is 0 Å². The van der Waals surface area contributed by atoms with E-state index in [9.17, 15) is 10.0 Å².